The first-order chi connectivity index (χ1) is 16.0. The maximum atomic E-state index is 13.2. The number of thiophene rings is 1. The maximum absolute atomic E-state index is 13.2. The van der Waals surface area contributed by atoms with E-state index in [9.17, 15) is 9.59 Å². The Kier molecular flexibility index (Phi) is 5.68. The Morgan fingerprint density at radius 1 is 1.15 bits per heavy atom. The second kappa shape index (κ2) is 8.78. The summed E-state index contributed by atoms with van der Waals surface area (Å²) >= 11 is 1.55. The number of ether oxygens (including phenoxy) is 1. The van der Waals surface area contributed by atoms with Crippen LogP contribution in [0.15, 0.2) is 59.4 Å². The molecule has 0 aliphatic heterocycles. The number of rotatable bonds is 5. The Labute approximate surface area is 195 Å². The van der Waals surface area contributed by atoms with Crippen molar-refractivity contribution in [3.63, 3.8) is 0 Å². The third kappa shape index (κ3) is 4.26. The van der Waals surface area contributed by atoms with Crippen molar-refractivity contribution < 1.29 is 9.53 Å². The molecule has 2 aromatic heterocycles. The van der Waals surface area contributed by atoms with Crippen molar-refractivity contribution in [1.82, 2.24) is 15.0 Å². The number of hydrogen-bond donors (Lipinski definition) is 1. The Bertz CT molecular complexity index is 1360. The van der Waals surface area contributed by atoms with E-state index in [-0.39, 0.29) is 11.5 Å². The fourth-order valence-electron chi connectivity index (χ4n) is 4.11. The molecule has 8 heteroatoms. The fourth-order valence-corrected chi connectivity index (χ4v) is 5.43. The normalized spacial score (nSPS) is 16.2. The molecule has 0 saturated heterocycles. The molecule has 168 valence electrons. The summed E-state index contributed by atoms with van der Waals surface area (Å²) in [6.45, 7) is 3.88. The summed E-state index contributed by atoms with van der Waals surface area (Å²) in [6, 6.07) is 15.8. The fraction of sp³-hybridized carbons (Fsp3) is 0.280. The van der Waals surface area contributed by atoms with Crippen molar-refractivity contribution in [3.05, 3.63) is 75.4 Å². The molecular weight excluding hydrogens is 436 g/mol. The van der Waals surface area contributed by atoms with Crippen LogP contribution in [0.5, 0.6) is 11.5 Å². The number of nitrogens with one attached hydrogen (secondary N) is 1. The molecule has 2 unspecified atom stereocenters. The molecule has 0 radical (unpaired) electrons. The van der Waals surface area contributed by atoms with E-state index in [1.807, 2.05) is 30.3 Å². The standard InChI is InChI=1S/C25H24N4O3S/c1-15-8-13-20-21(14-15)33-24-22(20)25(31)29(28-27-24)16(2)23(30)26-17-9-11-19(12-10-17)32-18-6-4-3-5-7-18/h3-7,9-12,15-16H,8,13-14H2,1-2H3,(H,26,30). The lowest BCUT2D eigenvalue weighted by Crippen LogP contribution is -2.34. The average Bonchev–Trinajstić information content (AvgIpc) is 3.19. The van der Waals surface area contributed by atoms with E-state index >= 15 is 0 Å². The van der Waals surface area contributed by atoms with Gasteiger partial charge in [0.15, 0.2) is 4.83 Å². The van der Waals surface area contributed by atoms with E-state index < -0.39 is 6.04 Å². The lowest BCUT2D eigenvalue weighted by Gasteiger charge is -2.17. The monoisotopic (exact) mass is 460 g/mol. The van der Waals surface area contributed by atoms with Crippen LogP contribution in [-0.4, -0.2) is 20.9 Å². The molecule has 1 aliphatic rings. The minimum absolute atomic E-state index is 0.249. The van der Waals surface area contributed by atoms with E-state index in [0.29, 0.717) is 27.6 Å². The highest BCUT2D eigenvalue weighted by Gasteiger charge is 2.26. The lowest BCUT2D eigenvalue weighted by atomic mass is 9.89. The maximum Gasteiger partial charge on any atom is 0.279 e. The molecular formula is C25H24N4O3S. The minimum Gasteiger partial charge on any atom is -0.457 e. The molecule has 2 atom stereocenters. The number of amides is 1. The summed E-state index contributed by atoms with van der Waals surface area (Å²) in [5.41, 5.74) is 1.45. The van der Waals surface area contributed by atoms with Crippen LogP contribution in [0, 0.1) is 5.92 Å². The van der Waals surface area contributed by atoms with Gasteiger partial charge in [-0.15, -0.1) is 16.4 Å². The van der Waals surface area contributed by atoms with Crippen molar-refractivity contribution in [2.24, 2.45) is 5.92 Å². The van der Waals surface area contributed by atoms with Crippen LogP contribution in [0.2, 0.25) is 0 Å². The zero-order valence-electron chi connectivity index (χ0n) is 18.4. The lowest BCUT2D eigenvalue weighted by molar-refractivity contribution is -0.119. The number of nitrogens with zero attached hydrogens (tertiary/aromatic N) is 3. The van der Waals surface area contributed by atoms with E-state index in [1.165, 1.54) is 9.56 Å². The quantitative estimate of drug-likeness (QED) is 0.454. The van der Waals surface area contributed by atoms with Crippen molar-refractivity contribution in [3.8, 4) is 11.5 Å². The van der Waals surface area contributed by atoms with Crippen LogP contribution >= 0.6 is 11.3 Å². The van der Waals surface area contributed by atoms with Gasteiger partial charge in [-0.3, -0.25) is 9.59 Å². The smallest absolute Gasteiger partial charge is 0.279 e. The molecule has 1 N–H and O–H groups in total. The molecule has 2 heterocycles. The van der Waals surface area contributed by atoms with E-state index in [0.717, 1.165) is 30.6 Å². The Balaban J connectivity index is 1.33. The Hall–Kier alpha value is -3.52. The number of benzene rings is 2. The van der Waals surface area contributed by atoms with E-state index in [4.69, 9.17) is 4.74 Å². The van der Waals surface area contributed by atoms with Crippen molar-refractivity contribution in [2.75, 3.05) is 5.32 Å². The summed E-state index contributed by atoms with van der Waals surface area (Å²) in [7, 11) is 0. The molecule has 4 aromatic rings. The van der Waals surface area contributed by atoms with Gasteiger partial charge in [-0.25, -0.2) is 0 Å². The van der Waals surface area contributed by atoms with Gasteiger partial charge in [0, 0.05) is 10.6 Å². The van der Waals surface area contributed by atoms with Gasteiger partial charge in [0.25, 0.3) is 5.56 Å². The summed E-state index contributed by atoms with van der Waals surface area (Å²) in [4.78, 5) is 28.0. The average molecular weight is 461 g/mol. The summed E-state index contributed by atoms with van der Waals surface area (Å²) in [5.74, 6) is 1.67. The van der Waals surface area contributed by atoms with Gasteiger partial charge >= 0.3 is 0 Å². The van der Waals surface area contributed by atoms with Gasteiger partial charge in [0.2, 0.25) is 5.91 Å². The molecule has 0 fully saturated rings. The minimum atomic E-state index is -0.798. The molecule has 2 aromatic carbocycles. The topological polar surface area (TPSA) is 86.1 Å². The Morgan fingerprint density at radius 3 is 2.64 bits per heavy atom. The molecule has 1 aliphatic carbocycles. The van der Waals surface area contributed by atoms with Crippen molar-refractivity contribution in [2.45, 2.75) is 39.2 Å². The zero-order chi connectivity index (χ0) is 22.9. The number of carbonyl (C=O) groups is 1. The second-order valence-electron chi connectivity index (χ2n) is 8.48. The van der Waals surface area contributed by atoms with Crippen LogP contribution < -0.4 is 15.6 Å². The first kappa shape index (κ1) is 21.3. The molecule has 33 heavy (non-hydrogen) atoms. The first-order valence-electron chi connectivity index (χ1n) is 11.0. The molecule has 0 bridgehead atoms. The number of aromatic nitrogens is 3. The van der Waals surface area contributed by atoms with Crippen LogP contribution in [0.3, 0.4) is 0 Å². The third-order valence-electron chi connectivity index (χ3n) is 5.99. The SMILES string of the molecule is CC1CCc2c(sc3nnn(C(C)C(=O)Nc4ccc(Oc5ccccc5)cc4)c(=O)c23)C1. The molecule has 0 spiro atoms. The molecule has 7 nitrogen and oxygen atoms in total. The summed E-state index contributed by atoms with van der Waals surface area (Å²) in [5, 5.41) is 11.8. The predicted molar refractivity (Wildman–Crippen MR) is 129 cm³/mol. The van der Waals surface area contributed by atoms with Crippen LogP contribution in [0.25, 0.3) is 10.2 Å². The summed E-state index contributed by atoms with van der Waals surface area (Å²) < 4.78 is 6.97. The highest BCUT2D eigenvalue weighted by atomic mass is 32.1. The van der Waals surface area contributed by atoms with Crippen LogP contribution in [0.1, 0.15) is 36.8 Å². The number of aryl methyl sites for hydroxylation is 1. The van der Waals surface area contributed by atoms with Gasteiger partial charge in [-0.05, 0) is 74.1 Å². The zero-order valence-corrected chi connectivity index (χ0v) is 19.3. The Morgan fingerprint density at radius 2 is 1.88 bits per heavy atom. The van der Waals surface area contributed by atoms with E-state index in [2.05, 4.69) is 22.6 Å². The highest BCUT2D eigenvalue weighted by Crippen LogP contribution is 2.35. The first-order valence-corrected chi connectivity index (χ1v) is 11.8. The largest absolute Gasteiger partial charge is 0.457 e. The number of para-hydroxylation sites is 1. The number of hydrogen-bond acceptors (Lipinski definition) is 6. The highest BCUT2D eigenvalue weighted by molar-refractivity contribution is 7.18. The molecule has 5 rings (SSSR count). The van der Waals surface area contributed by atoms with Crippen LogP contribution in [-0.2, 0) is 17.6 Å². The number of fused-ring (bicyclic) bond motifs is 3. The number of carbonyl (C=O) groups excluding carboxylic acids is 1. The third-order valence-corrected chi connectivity index (χ3v) is 7.13. The second-order valence-corrected chi connectivity index (χ2v) is 9.56. The van der Waals surface area contributed by atoms with Crippen molar-refractivity contribution in [1.29, 1.82) is 0 Å². The summed E-state index contributed by atoms with van der Waals surface area (Å²) in [6.07, 6.45) is 2.89. The van der Waals surface area contributed by atoms with Gasteiger partial charge in [0.05, 0.1) is 5.39 Å². The molecule has 0 saturated carbocycles. The van der Waals surface area contributed by atoms with Gasteiger partial charge in [-0.2, -0.15) is 4.68 Å². The van der Waals surface area contributed by atoms with Gasteiger partial charge in [-0.1, -0.05) is 30.3 Å². The predicted octanol–water partition coefficient (Wildman–Crippen LogP) is 4.97. The van der Waals surface area contributed by atoms with Crippen molar-refractivity contribution >= 4 is 33.1 Å². The van der Waals surface area contributed by atoms with Crippen LogP contribution in [0.4, 0.5) is 5.69 Å². The molecule has 1 amide bonds. The number of anilines is 1. The van der Waals surface area contributed by atoms with Gasteiger partial charge < -0.3 is 10.1 Å². The van der Waals surface area contributed by atoms with Gasteiger partial charge in [0.1, 0.15) is 17.5 Å². The van der Waals surface area contributed by atoms with E-state index in [1.54, 1.807) is 42.5 Å².